The summed E-state index contributed by atoms with van der Waals surface area (Å²) in [6, 6.07) is 23.9. The smallest absolute Gasteiger partial charge is 0.357 e. The van der Waals surface area contributed by atoms with Crippen LogP contribution in [0.5, 0.6) is 5.75 Å². The molecular weight excluding hydrogens is 794 g/mol. The number of rotatable bonds is 17. The fourth-order valence-electron chi connectivity index (χ4n) is 7.11. The molecule has 10 nitrogen and oxygen atoms in total. The molecule has 0 saturated carbocycles. The van der Waals surface area contributed by atoms with Crippen LogP contribution < -0.4 is 14.4 Å². The topological polar surface area (TPSA) is 98.5 Å². The normalized spacial score (nSPS) is 13.6. The Morgan fingerprint density at radius 2 is 1.77 bits per heavy atom. The SMILES string of the molecule is CN(C)CCCc1ccc(OCCCc2ccc(N3CCc4cccc(C(=O)/N=c5/sc6ccccc6n5COCC[Si](C)(C)C)c4C3)nc2C(=O)OC(C)(C)C)c(F)c1. The summed E-state index contributed by atoms with van der Waals surface area (Å²) >= 11 is 1.48. The van der Waals surface area contributed by atoms with Crippen molar-refractivity contribution in [2.45, 2.75) is 97.4 Å². The van der Waals surface area contributed by atoms with Gasteiger partial charge in [-0.05, 0) is 138 Å². The highest BCUT2D eigenvalue weighted by atomic mass is 32.1. The highest BCUT2D eigenvalue weighted by molar-refractivity contribution is 7.16. The van der Waals surface area contributed by atoms with E-state index in [1.165, 1.54) is 11.3 Å². The van der Waals surface area contributed by atoms with Crippen LogP contribution in [0.3, 0.4) is 0 Å². The van der Waals surface area contributed by atoms with Crippen molar-refractivity contribution >= 4 is 47.3 Å². The van der Waals surface area contributed by atoms with E-state index < -0.39 is 19.6 Å². The molecule has 0 saturated heterocycles. The molecule has 1 aliphatic heterocycles. The van der Waals surface area contributed by atoms with E-state index in [9.17, 15) is 14.0 Å². The summed E-state index contributed by atoms with van der Waals surface area (Å²) in [4.78, 5) is 42.2. The lowest BCUT2D eigenvalue weighted by molar-refractivity contribution is 0.00613. The molecule has 0 N–H and O–H groups in total. The number of amides is 1. The zero-order valence-corrected chi connectivity index (χ0v) is 38.3. The van der Waals surface area contributed by atoms with Crippen molar-refractivity contribution in [3.63, 3.8) is 0 Å². The van der Waals surface area contributed by atoms with Crippen molar-refractivity contribution < 1.29 is 28.2 Å². The molecule has 6 rings (SSSR count). The Bertz CT molecular complexity index is 2360. The highest BCUT2D eigenvalue weighted by Gasteiger charge is 2.27. The van der Waals surface area contributed by atoms with Crippen LogP contribution in [-0.4, -0.2) is 80.4 Å². The minimum absolute atomic E-state index is 0.216. The standard InChI is InChI=1S/C47H60FN5O5SSi/c1-47(2,3)58-45(55)43-35(16-13-27-57-40-22-20-33(30-38(40)48)14-12-25-51(4)5)21-23-42(49-43)52-26-24-34-15-11-17-36(37(34)31-52)44(54)50-46-53(32-56-28-29-60(6,7)8)39-18-9-10-19-41(39)59-46/h9-11,15,17-23,30H,12-14,16,24-29,31-32H2,1-8H3/b50-46+. The first-order chi connectivity index (χ1) is 28.5. The van der Waals surface area contributed by atoms with Gasteiger partial charge in [0, 0.05) is 33.3 Å². The molecule has 0 unspecified atom stereocenters. The molecule has 3 aromatic carbocycles. The highest BCUT2D eigenvalue weighted by Crippen LogP contribution is 2.29. The number of thiazole rings is 1. The van der Waals surface area contributed by atoms with Crippen molar-refractivity contribution in [2.24, 2.45) is 4.99 Å². The molecule has 60 heavy (non-hydrogen) atoms. The lowest BCUT2D eigenvalue weighted by Crippen LogP contribution is -2.33. The number of esters is 1. The van der Waals surface area contributed by atoms with E-state index in [1.807, 2.05) is 94.0 Å². The molecular formula is C47H60FN5O5SSi. The van der Waals surface area contributed by atoms with E-state index in [-0.39, 0.29) is 29.8 Å². The second-order valence-electron chi connectivity index (χ2n) is 18.0. The Hall–Kier alpha value is -4.69. The maximum Gasteiger partial charge on any atom is 0.357 e. The third-order valence-corrected chi connectivity index (χ3v) is 13.1. The van der Waals surface area contributed by atoms with Gasteiger partial charge in [0.15, 0.2) is 22.1 Å². The number of fused-ring (bicyclic) bond motifs is 2. The van der Waals surface area contributed by atoms with Crippen LogP contribution in [0.15, 0.2) is 77.8 Å². The monoisotopic (exact) mass is 853 g/mol. The van der Waals surface area contributed by atoms with E-state index in [0.717, 1.165) is 57.9 Å². The first-order valence-electron chi connectivity index (χ1n) is 20.9. The molecule has 0 atom stereocenters. The molecule has 1 amide bonds. The molecule has 0 radical (unpaired) electrons. The lowest BCUT2D eigenvalue weighted by atomic mass is 9.94. The van der Waals surface area contributed by atoms with Crippen molar-refractivity contribution in [3.05, 3.63) is 117 Å². The van der Waals surface area contributed by atoms with Crippen LogP contribution in [0, 0.1) is 5.82 Å². The molecule has 320 valence electrons. The lowest BCUT2D eigenvalue weighted by Gasteiger charge is -2.31. The Balaban J connectivity index is 1.19. The van der Waals surface area contributed by atoms with Gasteiger partial charge in [0.25, 0.3) is 5.91 Å². The van der Waals surface area contributed by atoms with E-state index >= 15 is 0 Å². The number of halogens is 1. The number of hydrogen-bond acceptors (Lipinski definition) is 9. The van der Waals surface area contributed by atoms with E-state index in [2.05, 4.69) is 35.5 Å². The number of nitrogens with zero attached hydrogens (tertiary/aromatic N) is 5. The van der Waals surface area contributed by atoms with Crippen LogP contribution in [0.4, 0.5) is 10.2 Å². The van der Waals surface area contributed by atoms with Gasteiger partial charge >= 0.3 is 5.97 Å². The minimum atomic E-state index is -1.27. The first-order valence-corrected chi connectivity index (χ1v) is 25.5. The Labute approximate surface area is 359 Å². The van der Waals surface area contributed by atoms with Crippen LogP contribution in [0.2, 0.25) is 25.7 Å². The summed E-state index contributed by atoms with van der Waals surface area (Å²) in [7, 11) is 2.79. The number of aromatic nitrogens is 2. The summed E-state index contributed by atoms with van der Waals surface area (Å²) in [6.07, 6.45) is 3.46. The second kappa shape index (κ2) is 19.8. The van der Waals surface area contributed by atoms with Crippen molar-refractivity contribution in [1.29, 1.82) is 0 Å². The van der Waals surface area contributed by atoms with Crippen molar-refractivity contribution in [3.8, 4) is 5.75 Å². The number of ether oxygens (including phenoxy) is 3. The maximum atomic E-state index is 14.9. The van der Waals surface area contributed by atoms with E-state index in [0.29, 0.717) is 61.9 Å². The molecule has 1 aliphatic rings. The maximum absolute atomic E-state index is 14.9. The predicted octanol–water partition coefficient (Wildman–Crippen LogP) is 9.31. The van der Waals surface area contributed by atoms with Crippen molar-refractivity contribution in [1.82, 2.24) is 14.5 Å². The fraction of sp³-hybridized carbons (Fsp3) is 0.447. The van der Waals surface area contributed by atoms with Gasteiger partial charge in [-0.25, -0.2) is 14.2 Å². The number of carbonyl (C=O) groups is 2. The number of aryl methyl sites for hydroxylation is 2. The molecule has 0 bridgehead atoms. The molecule has 5 aromatic rings. The zero-order chi connectivity index (χ0) is 43.0. The quantitative estimate of drug-likeness (QED) is 0.0519. The van der Waals surface area contributed by atoms with Crippen LogP contribution in [-0.2, 0) is 42.0 Å². The van der Waals surface area contributed by atoms with Crippen molar-refractivity contribution in [2.75, 3.05) is 45.3 Å². The largest absolute Gasteiger partial charge is 0.491 e. The second-order valence-corrected chi connectivity index (χ2v) is 24.6. The Morgan fingerprint density at radius 1 is 0.967 bits per heavy atom. The molecule has 0 aliphatic carbocycles. The summed E-state index contributed by atoms with van der Waals surface area (Å²) < 4.78 is 35.7. The van der Waals surface area contributed by atoms with Crippen LogP contribution in [0.25, 0.3) is 10.2 Å². The number of anilines is 1. The van der Waals surface area contributed by atoms with Gasteiger partial charge in [-0.1, -0.05) is 67.4 Å². The van der Waals surface area contributed by atoms with E-state index in [1.54, 1.807) is 12.1 Å². The number of pyridine rings is 1. The summed E-state index contributed by atoms with van der Waals surface area (Å²) in [5.41, 5.74) is 4.69. The summed E-state index contributed by atoms with van der Waals surface area (Å²) in [5, 5.41) is 0. The Morgan fingerprint density at radius 3 is 2.52 bits per heavy atom. The van der Waals surface area contributed by atoms with Gasteiger partial charge in [-0.2, -0.15) is 4.99 Å². The van der Waals surface area contributed by atoms with Gasteiger partial charge in [0.1, 0.15) is 18.1 Å². The Kier molecular flexibility index (Phi) is 14.8. The number of carbonyl (C=O) groups excluding carboxylic acids is 2. The third-order valence-electron chi connectivity index (χ3n) is 10.3. The van der Waals surface area contributed by atoms with Crippen LogP contribution in [0.1, 0.15) is 76.7 Å². The number of para-hydroxylation sites is 1. The summed E-state index contributed by atoms with van der Waals surface area (Å²) in [6.45, 7) is 15.7. The zero-order valence-electron chi connectivity index (χ0n) is 36.5. The molecule has 2 aromatic heterocycles. The van der Waals surface area contributed by atoms with Gasteiger partial charge in [-0.15, -0.1) is 0 Å². The minimum Gasteiger partial charge on any atom is -0.491 e. The molecule has 0 spiro atoms. The molecule has 13 heteroatoms. The third kappa shape index (κ3) is 12.2. The van der Waals surface area contributed by atoms with Gasteiger partial charge in [0.05, 0.1) is 16.8 Å². The predicted molar refractivity (Wildman–Crippen MR) is 242 cm³/mol. The number of hydrogen-bond donors (Lipinski definition) is 0. The molecule has 0 fully saturated rings. The molecule has 3 heterocycles. The van der Waals surface area contributed by atoms with Gasteiger partial charge < -0.3 is 24.0 Å². The average Bonchev–Trinajstić information content (AvgIpc) is 3.53. The first kappa shape index (κ1) is 44.8. The fourth-order valence-corrected chi connectivity index (χ4v) is 8.88. The van der Waals surface area contributed by atoms with Gasteiger partial charge in [0.2, 0.25) is 0 Å². The summed E-state index contributed by atoms with van der Waals surface area (Å²) in [5.74, 6) is -0.364. The van der Waals surface area contributed by atoms with Gasteiger partial charge in [-0.3, -0.25) is 9.36 Å². The number of benzene rings is 3. The van der Waals surface area contributed by atoms with E-state index in [4.69, 9.17) is 24.2 Å². The van der Waals surface area contributed by atoms with Crippen LogP contribution >= 0.6 is 11.3 Å². The average molecular weight is 854 g/mol.